The van der Waals surface area contributed by atoms with Gasteiger partial charge in [0, 0.05) is 23.3 Å². The largest absolute Gasteiger partial charge is 0.480 e. The van der Waals surface area contributed by atoms with Crippen LogP contribution in [-0.2, 0) is 15.0 Å². The summed E-state index contributed by atoms with van der Waals surface area (Å²) in [4.78, 5) is 27.2. The van der Waals surface area contributed by atoms with Gasteiger partial charge in [0.15, 0.2) is 0 Å². The average molecular weight is 389 g/mol. The maximum absolute atomic E-state index is 12.4. The number of aliphatic carboxylic acids is 1. The highest BCUT2D eigenvalue weighted by atomic mass is 32.2. The third-order valence-corrected chi connectivity index (χ3v) is 6.07. The zero-order chi connectivity index (χ0) is 19.1. The number of carbonyl (C=O) groups excluding carboxylic acids is 1. The number of amides is 1. The van der Waals surface area contributed by atoms with Gasteiger partial charge in [-0.3, -0.25) is 14.5 Å². The van der Waals surface area contributed by atoms with E-state index in [9.17, 15) is 9.59 Å². The van der Waals surface area contributed by atoms with E-state index in [1.807, 2.05) is 18.2 Å². The molecule has 2 heterocycles. The van der Waals surface area contributed by atoms with Gasteiger partial charge in [0.1, 0.15) is 10.9 Å². The number of anilines is 1. The van der Waals surface area contributed by atoms with Gasteiger partial charge in [0.2, 0.25) is 0 Å². The molecule has 0 unspecified atom stereocenters. The van der Waals surface area contributed by atoms with Crippen molar-refractivity contribution in [3.63, 3.8) is 0 Å². The SMILES string of the molecule is CCN1/C(=C\C=C2\SC(=S)N(CC(=O)O)C2=O)C(C)(C)c2ccccc21. The molecule has 0 aromatic heterocycles. The predicted octanol–water partition coefficient (Wildman–Crippen LogP) is 3.52. The molecule has 1 fully saturated rings. The molecule has 1 amide bonds. The number of hydrogen-bond donors (Lipinski definition) is 1. The molecule has 0 radical (unpaired) electrons. The van der Waals surface area contributed by atoms with Gasteiger partial charge in [0.05, 0.1) is 4.91 Å². The van der Waals surface area contributed by atoms with Crippen molar-refractivity contribution in [2.75, 3.05) is 18.0 Å². The van der Waals surface area contributed by atoms with Crippen molar-refractivity contribution in [1.29, 1.82) is 0 Å². The Bertz CT molecular complexity index is 858. The predicted molar refractivity (Wildman–Crippen MR) is 108 cm³/mol. The van der Waals surface area contributed by atoms with Crippen LogP contribution in [0.25, 0.3) is 0 Å². The zero-order valence-corrected chi connectivity index (χ0v) is 16.5. The van der Waals surface area contributed by atoms with Crippen molar-refractivity contribution in [3.8, 4) is 0 Å². The number of para-hydroxylation sites is 1. The molecule has 3 rings (SSSR count). The molecule has 7 heteroatoms. The van der Waals surface area contributed by atoms with Gasteiger partial charge in [-0.25, -0.2) is 0 Å². The molecule has 2 aliphatic rings. The van der Waals surface area contributed by atoms with Crippen LogP contribution in [0.4, 0.5) is 5.69 Å². The van der Waals surface area contributed by atoms with Gasteiger partial charge in [0.25, 0.3) is 5.91 Å². The normalized spacial score (nSPS) is 21.8. The Labute approximate surface area is 162 Å². The second kappa shape index (κ2) is 6.89. The maximum Gasteiger partial charge on any atom is 0.323 e. The molecule has 0 atom stereocenters. The summed E-state index contributed by atoms with van der Waals surface area (Å²) < 4.78 is 0.281. The minimum absolute atomic E-state index is 0.183. The number of carbonyl (C=O) groups is 2. The van der Waals surface area contributed by atoms with Gasteiger partial charge < -0.3 is 10.0 Å². The van der Waals surface area contributed by atoms with Crippen LogP contribution >= 0.6 is 24.0 Å². The molecule has 1 aromatic carbocycles. The summed E-state index contributed by atoms with van der Waals surface area (Å²) >= 11 is 6.29. The summed E-state index contributed by atoms with van der Waals surface area (Å²) in [5.41, 5.74) is 3.35. The Morgan fingerprint density at radius 1 is 1.27 bits per heavy atom. The molecule has 2 aliphatic heterocycles. The van der Waals surface area contributed by atoms with Crippen LogP contribution in [0.15, 0.2) is 47.0 Å². The molecular weight excluding hydrogens is 368 g/mol. The van der Waals surface area contributed by atoms with E-state index >= 15 is 0 Å². The second-order valence-corrected chi connectivity index (χ2v) is 8.30. The fourth-order valence-electron chi connectivity index (χ4n) is 3.42. The zero-order valence-electron chi connectivity index (χ0n) is 14.9. The average Bonchev–Trinajstić information content (AvgIpc) is 2.97. The smallest absolute Gasteiger partial charge is 0.323 e. The Morgan fingerprint density at radius 2 is 1.96 bits per heavy atom. The standard InChI is InChI=1S/C19H20N2O3S2/c1-4-20-13-8-6-5-7-12(13)19(2,3)15(20)10-9-14-17(24)21(11-16(22)23)18(25)26-14/h5-10H,4,11H2,1-3H3,(H,22,23)/b14-9+,15-10-. The Morgan fingerprint density at radius 3 is 2.62 bits per heavy atom. The molecule has 1 aromatic rings. The van der Waals surface area contributed by atoms with Gasteiger partial charge in [-0.05, 0) is 30.7 Å². The van der Waals surface area contributed by atoms with Gasteiger partial charge >= 0.3 is 5.97 Å². The number of carboxylic acids is 1. The lowest BCUT2D eigenvalue weighted by Gasteiger charge is -2.25. The highest BCUT2D eigenvalue weighted by molar-refractivity contribution is 8.26. The van der Waals surface area contributed by atoms with Crippen LogP contribution < -0.4 is 4.90 Å². The molecule has 1 N–H and O–H groups in total. The topological polar surface area (TPSA) is 60.9 Å². The van der Waals surface area contributed by atoms with E-state index in [0.29, 0.717) is 4.91 Å². The van der Waals surface area contributed by atoms with E-state index in [-0.39, 0.29) is 15.6 Å². The first-order chi connectivity index (χ1) is 12.3. The van der Waals surface area contributed by atoms with E-state index in [1.165, 1.54) is 11.3 Å². The third-order valence-electron chi connectivity index (χ3n) is 4.68. The summed E-state index contributed by atoms with van der Waals surface area (Å²) in [7, 11) is 0. The number of rotatable bonds is 4. The van der Waals surface area contributed by atoms with Crippen LogP contribution in [-0.4, -0.2) is 39.3 Å². The lowest BCUT2D eigenvalue weighted by atomic mass is 9.84. The number of nitrogens with zero attached hydrogens (tertiary/aromatic N) is 2. The summed E-state index contributed by atoms with van der Waals surface area (Å²) in [5.74, 6) is -1.43. The lowest BCUT2D eigenvalue weighted by molar-refractivity contribution is -0.140. The molecule has 136 valence electrons. The molecule has 0 aliphatic carbocycles. The highest BCUT2D eigenvalue weighted by Crippen LogP contribution is 2.47. The number of thioether (sulfide) groups is 1. The first-order valence-corrected chi connectivity index (χ1v) is 9.54. The highest BCUT2D eigenvalue weighted by Gasteiger charge is 2.39. The fourth-order valence-corrected chi connectivity index (χ4v) is 4.62. The number of carboxylic acid groups (broad SMARTS) is 1. The minimum atomic E-state index is -1.08. The number of thiocarbonyl (C=S) groups is 1. The molecule has 5 nitrogen and oxygen atoms in total. The Kier molecular flexibility index (Phi) is 4.94. The molecule has 1 saturated heterocycles. The fraction of sp³-hybridized carbons (Fsp3) is 0.316. The van der Waals surface area contributed by atoms with Crippen LogP contribution in [0.1, 0.15) is 26.3 Å². The van der Waals surface area contributed by atoms with Crippen molar-refractivity contribution in [1.82, 2.24) is 4.90 Å². The van der Waals surface area contributed by atoms with E-state index in [2.05, 4.69) is 37.8 Å². The first-order valence-electron chi connectivity index (χ1n) is 8.32. The molecule has 26 heavy (non-hydrogen) atoms. The molecule has 0 bridgehead atoms. The van der Waals surface area contributed by atoms with Crippen molar-refractivity contribution in [3.05, 3.63) is 52.6 Å². The molecule has 0 spiro atoms. The van der Waals surface area contributed by atoms with Crippen molar-refractivity contribution in [2.45, 2.75) is 26.2 Å². The van der Waals surface area contributed by atoms with Crippen molar-refractivity contribution in [2.24, 2.45) is 0 Å². The van der Waals surface area contributed by atoms with Crippen LogP contribution in [0.2, 0.25) is 0 Å². The van der Waals surface area contributed by atoms with E-state index in [0.717, 1.165) is 28.9 Å². The van der Waals surface area contributed by atoms with Gasteiger partial charge in [-0.1, -0.05) is 56.0 Å². The number of hydrogen-bond acceptors (Lipinski definition) is 5. The lowest BCUT2D eigenvalue weighted by Crippen LogP contribution is -2.33. The number of benzene rings is 1. The minimum Gasteiger partial charge on any atom is -0.480 e. The van der Waals surface area contributed by atoms with Crippen molar-refractivity contribution < 1.29 is 14.7 Å². The second-order valence-electron chi connectivity index (χ2n) is 6.62. The monoisotopic (exact) mass is 388 g/mol. The summed E-state index contributed by atoms with van der Waals surface area (Å²) in [6.07, 6.45) is 3.71. The van der Waals surface area contributed by atoms with Crippen molar-refractivity contribution >= 4 is 45.9 Å². The summed E-state index contributed by atoms with van der Waals surface area (Å²) in [6, 6.07) is 8.30. The van der Waals surface area contributed by atoms with E-state index in [1.54, 1.807) is 6.08 Å². The quantitative estimate of drug-likeness (QED) is 0.629. The third kappa shape index (κ3) is 3.05. The van der Waals surface area contributed by atoms with Crippen LogP contribution in [0.3, 0.4) is 0 Å². The first kappa shape index (κ1) is 18.7. The van der Waals surface area contributed by atoms with Crippen LogP contribution in [0, 0.1) is 0 Å². The van der Waals surface area contributed by atoms with Gasteiger partial charge in [-0.2, -0.15) is 0 Å². The van der Waals surface area contributed by atoms with E-state index in [4.69, 9.17) is 17.3 Å². The summed E-state index contributed by atoms with van der Waals surface area (Å²) in [6.45, 7) is 6.84. The Balaban J connectivity index is 1.95. The Hall–Kier alpha value is -2.12. The van der Waals surface area contributed by atoms with Gasteiger partial charge in [-0.15, -0.1) is 0 Å². The number of fused-ring (bicyclic) bond motifs is 1. The number of likely N-dealkylation sites (N-methyl/N-ethyl adjacent to an activating group) is 1. The summed E-state index contributed by atoms with van der Waals surface area (Å²) in [5, 5.41) is 8.93. The molecular formula is C19H20N2O3S2. The number of allylic oxidation sites excluding steroid dienone is 3. The van der Waals surface area contributed by atoms with E-state index < -0.39 is 12.5 Å². The molecule has 0 saturated carbocycles. The maximum atomic E-state index is 12.4. The van der Waals surface area contributed by atoms with Crippen LogP contribution in [0.5, 0.6) is 0 Å².